The molecular formula is C7H6N2O2. The number of furan rings is 1. The third-order valence-corrected chi connectivity index (χ3v) is 1.09. The summed E-state index contributed by atoms with van der Waals surface area (Å²) in [5.74, 6) is 0.241. The molecule has 0 fully saturated rings. The van der Waals surface area contributed by atoms with Gasteiger partial charge in [-0.05, 0) is 6.07 Å². The van der Waals surface area contributed by atoms with E-state index in [4.69, 9.17) is 9.68 Å². The first-order valence-corrected chi connectivity index (χ1v) is 2.92. The highest BCUT2D eigenvalue weighted by atomic mass is 16.6. The van der Waals surface area contributed by atoms with E-state index in [1.54, 1.807) is 6.07 Å². The molecule has 56 valence electrons. The van der Waals surface area contributed by atoms with Crippen LogP contribution in [0, 0.1) is 11.3 Å². The Morgan fingerprint density at radius 2 is 2.64 bits per heavy atom. The van der Waals surface area contributed by atoms with Crippen LogP contribution in [0.15, 0.2) is 21.9 Å². The summed E-state index contributed by atoms with van der Waals surface area (Å²) in [5.41, 5.74) is 0.620. The summed E-state index contributed by atoms with van der Waals surface area (Å²) >= 11 is 0. The van der Waals surface area contributed by atoms with Gasteiger partial charge in [-0.25, -0.2) is 0 Å². The van der Waals surface area contributed by atoms with Gasteiger partial charge in [-0.2, -0.15) is 5.26 Å². The minimum atomic E-state index is 0.241. The standard InChI is InChI=1S/C7H6N2O2/c1-10-9-5-6-2-3-11-7(6)4-8/h2-3,5H,1H3. The normalized spacial score (nSPS) is 9.82. The summed E-state index contributed by atoms with van der Waals surface area (Å²) in [4.78, 5) is 4.43. The fourth-order valence-electron chi connectivity index (χ4n) is 0.621. The van der Waals surface area contributed by atoms with Crippen molar-refractivity contribution < 1.29 is 9.25 Å². The van der Waals surface area contributed by atoms with Crippen LogP contribution in [0.3, 0.4) is 0 Å². The average molecular weight is 150 g/mol. The van der Waals surface area contributed by atoms with E-state index >= 15 is 0 Å². The SMILES string of the molecule is CON=Cc1ccoc1C#N. The zero-order valence-electron chi connectivity index (χ0n) is 5.94. The average Bonchev–Trinajstić information content (AvgIpc) is 2.47. The van der Waals surface area contributed by atoms with Gasteiger partial charge in [0.15, 0.2) is 0 Å². The molecule has 0 aliphatic rings. The van der Waals surface area contributed by atoms with Crippen molar-refractivity contribution in [1.29, 1.82) is 5.26 Å². The molecule has 0 radical (unpaired) electrons. The van der Waals surface area contributed by atoms with Crippen molar-refractivity contribution in [2.45, 2.75) is 0 Å². The molecule has 0 bridgehead atoms. The van der Waals surface area contributed by atoms with Gasteiger partial charge in [-0.1, -0.05) is 5.16 Å². The highest BCUT2D eigenvalue weighted by Gasteiger charge is 2.00. The maximum absolute atomic E-state index is 8.46. The van der Waals surface area contributed by atoms with Crippen LogP contribution in [0.1, 0.15) is 11.3 Å². The van der Waals surface area contributed by atoms with Gasteiger partial charge >= 0.3 is 0 Å². The summed E-state index contributed by atoms with van der Waals surface area (Å²) in [6, 6.07) is 3.51. The molecule has 1 heterocycles. The molecule has 1 aromatic heterocycles. The second-order valence-electron chi connectivity index (χ2n) is 1.73. The molecule has 0 unspecified atom stereocenters. The van der Waals surface area contributed by atoms with Crippen molar-refractivity contribution in [2.75, 3.05) is 7.11 Å². The molecule has 4 heteroatoms. The zero-order chi connectivity index (χ0) is 8.10. The fourth-order valence-corrected chi connectivity index (χ4v) is 0.621. The highest BCUT2D eigenvalue weighted by molar-refractivity contribution is 5.81. The molecule has 0 aliphatic heterocycles. The monoisotopic (exact) mass is 150 g/mol. The Kier molecular flexibility index (Phi) is 2.28. The molecule has 0 saturated carbocycles. The molecule has 0 N–H and O–H groups in total. The number of nitriles is 1. The number of nitrogens with zero attached hydrogens (tertiary/aromatic N) is 2. The van der Waals surface area contributed by atoms with Gasteiger partial charge in [0, 0.05) is 0 Å². The van der Waals surface area contributed by atoms with Crippen LogP contribution in [-0.2, 0) is 4.84 Å². The lowest BCUT2D eigenvalue weighted by Crippen LogP contribution is -1.81. The second kappa shape index (κ2) is 3.42. The van der Waals surface area contributed by atoms with Crippen molar-refractivity contribution in [3.8, 4) is 6.07 Å². The van der Waals surface area contributed by atoms with E-state index < -0.39 is 0 Å². The Bertz CT molecular complexity index is 296. The van der Waals surface area contributed by atoms with Gasteiger partial charge in [-0.3, -0.25) is 0 Å². The van der Waals surface area contributed by atoms with Crippen LogP contribution in [0.4, 0.5) is 0 Å². The lowest BCUT2D eigenvalue weighted by molar-refractivity contribution is 0.215. The molecule has 0 amide bonds. The van der Waals surface area contributed by atoms with Gasteiger partial charge in [0.05, 0.1) is 18.0 Å². The largest absolute Gasteiger partial charge is 0.453 e. The summed E-state index contributed by atoms with van der Waals surface area (Å²) in [5, 5.41) is 11.9. The van der Waals surface area contributed by atoms with Crippen LogP contribution in [-0.4, -0.2) is 13.3 Å². The van der Waals surface area contributed by atoms with Crippen LogP contribution in [0.25, 0.3) is 0 Å². The highest BCUT2D eigenvalue weighted by Crippen LogP contribution is 2.05. The Morgan fingerprint density at radius 1 is 1.82 bits per heavy atom. The third-order valence-electron chi connectivity index (χ3n) is 1.09. The molecule has 0 aliphatic carbocycles. The lowest BCUT2D eigenvalue weighted by Gasteiger charge is -1.84. The van der Waals surface area contributed by atoms with Crippen molar-refractivity contribution in [2.24, 2.45) is 5.16 Å². The minimum Gasteiger partial charge on any atom is -0.453 e. The molecule has 4 nitrogen and oxygen atoms in total. The Hall–Kier alpha value is -1.76. The quantitative estimate of drug-likeness (QED) is 0.469. The maximum Gasteiger partial charge on any atom is 0.212 e. The number of hydrogen-bond donors (Lipinski definition) is 0. The van der Waals surface area contributed by atoms with Gasteiger partial charge in [-0.15, -0.1) is 0 Å². The molecular weight excluding hydrogens is 144 g/mol. The van der Waals surface area contributed by atoms with Crippen molar-refractivity contribution in [3.63, 3.8) is 0 Å². The van der Waals surface area contributed by atoms with Crippen molar-refractivity contribution >= 4 is 6.21 Å². The summed E-state index contributed by atoms with van der Waals surface area (Å²) in [7, 11) is 1.43. The van der Waals surface area contributed by atoms with Crippen LogP contribution in [0.5, 0.6) is 0 Å². The van der Waals surface area contributed by atoms with E-state index in [-0.39, 0.29) is 5.76 Å². The molecule has 0 atom stereocenters. The number of hydrogen-bond acceptors (Lipinski definition) is 4. The van der Waals surface area contributed by atoms with Gasteiger partial charge in [0.2, 0.25) is 5.76 Å². The number of rotatable bonds is 2. The Morgan fingerprint density at radius 3 is 3.27 bits per heavy atom. The van der Waals surface area contributed by atoms with Crippen LogP contribution >= 0.6 is 0 Å². The van der Waals surface area contributed by atoms with Crippen molar-refractivity contribution in [3.05, 3.63) is 23.7 Å². The van der Waals surface area contributed by atoms with E-state index in [1.807, 2.05) is 6.07 Å². The first kappa shape index (κ1) is 7.35. The fraction of sp³-hybridized carbons (Fsp3) is 0.143. The molecule has 11 heavy (non-hydrogen) atoms. The zero-order valence-corrected chi connectivity index (χ0v) is 5.94. The topological polar surface area (TPSA) is 58.5 Å². The smallest absolute Gasteiger partial charge is 0.212 e. The predicted octanol–water partition coefficient (Wildman–Crippen LogP) is 1.13. The van der Waals surface area contributed by atoms with E-state index in [2.05, 4.69) is 9.99 Å². The summed E-state index contributed by atoms with van der Waals surface area (Å²) in [6.07, 6.45) is 2.84. The van der Waals surface area contributed by atoms with Gasteiger partial charge in [0.1, 0.15) is 13.2 Å². The van der Waals surface area contributed by atoms with Crippen molar-refractivity contribution in [1.82, 2.24) is 0 Å². The summed E-state index contributed by atoms with van der Waals surface area (Å²) < 4.78 is 4.80. The predicted molar refractivity (Wildman–Crippen MR) is 38.0 cm³/mol. The number of oxime groups is 1. The minimum absolute atomic E-state index is 0.241. The molecule has 0 spiro atoms. The summed E-state index contributed by atoms with van der Waals surface area (Å²) in [6.45, 7) is 0. The van der Waals surface area contributed by atoms with Crippen LogP contribution in [0.2, 0.25) is 0 Å². The lowest BCUT2D eigenvalue weighted by atomic mass is 10.3. The van der Waals surface area contributed by atoms with E-state index in [0.717, 1.165) is 0 Å². The van der Waals surface area contributed by atoms with Gasteiger partial charge < -0.3 is 9.25 Å². The first-order valence-electron chi connectivity index (χ1n) is 2.92. The molecule has 1 rings (SSSR count). The molecule has 0 aromatic carbocycles. The third kappa shape index (κ3) is 1.58. The Labute approximate surface area is 63.7 Å². The molecule has 0 saturated heterocycles. The second-order valence-corrected chi connectivity index (χ2v) is 1.73. The van der Waals surface area contributed by atoms with Crippen LogP contribution < -0.4 is 0 Å². The maximum atomic E-state index is 8.46. The van der Waals surface area contributed by atoms with Gasteiger partial charge in [0.25, 0.3) is 0 Å². The molecule has 1 aromatic rings. The van der Waals surface area contributed by atoms with E-state index in [9.17, 15) is 0 Å². The van der Waals surface area contributed by atoms with E-state index in [0.29, 0.717) is 5.56 Å². The first-order chi connectivity index (χ1) is 5.38. The van der Waals surface area contributed by atoms with E-state index in [1.165, 1.54) is 19.6 Å². The Balaban J connectivity index is 2.87.